The number of nitrogens with one attached hydrogen (secondary N) is 1. The molecule has 3 aromatic rings. The van der Waals surface area contributed by atoms with Gasteiger partial charge in [0.1, 0.15) is 17.2 Å². The van der Waals surface area contributed by atoms with Gasteiger partial charge in [-0.1, -0.05) is 0 Å². The molecule has 0 saturated carbocycles. The van der Waals surface area contributed by atoms with Crippen molar-refractivity contribution in [3.8, 4) is 23.6 Å². The summed E-state index contributed by atoms with van der Waals surface area (Å²) < 4.78 is 6.12. The molecular formula is C25H20N4O4. The highest BCUT2D eigenvalue weighted by molar-refractivity contribution is 5.73. The number of hydrogen-bond donors (Lipinski definition) is 2. The van der Waals surface area contributed by atoms with Crippen molar-refractivity contribution < 1.29 is 14.8 Å². The highest BCUT2D eigenvalue weighted by Gasteiger charge is 2.19. The minimum Gasteiger partial charge on any atom is -0.456 e. The summed E-state index contributed by atoms with van der Waals surface area (Å²) in [6.45, 7) is 3.23. The first kappa shape index (κ1) is 23.0. The van der Waals surface area contributed by atoms with Crippen LogP contribution in [0, 0.1) is 46.6 Å². The van der Waals surface area contributed by atoms with Crippen LogP contribution in [0.5, 0.6) is 11.5 Å². The molecular weight excluding hydrogens is 420 g/mol. The average molecular weight is 440 g/mol. The van der Waals surface area contributed by atoms with Crippen molar-refractivity contribution in [1.29, 1.82) is 10.5 Å². The Hall–Kier alpha value is -4.66. The van der Waals surface area contributed by atoms with Crippen molar-refractivity contribution in [2.24, 2.45) is 0 Å². The zero-order chi connectivity index (χ0) is 24.0. The molecule has 0 spiro atoms. The summed E-state index contributed by atoms with van der Waals surface area (Å²) in [5.74, 6) is 0.822. The number of ether oxygens (including phenoxy) is 1. The average Bonchev–Trinajstić information content (AvgIpc) is 2.81. The molecule has 3 aromatic carbocycles. The molecule has 3 rings (SSSR count). The molecule has 0 unspecified atom stereocenters. The second-order valence-electron chi connectivity index (χ2n) is 7.25. The Morgan fingerprint density at radius 1 is 1.12 bits per heavy atom. The zero-order valence-electron chi connectivity index (χ0n) is 18.0. The predicted molar refractivity (Wildman–Crippen MR) is 124 cm³/mol. The number of aryl methyl sites for hydroxylation is 2. The molecule has 0 aromatic heterocycles. The van der Waals surface area contributed by atoms with Crippen molar-refractivity contribution >= 4 is 23.1 Å². The van der Waals surface area contributed by atoms with Crippen molar-refractivity contribution in [2.45, 2.75) is 20.5 Å². The third kappa shape index (κ3) is 5.34. The maximum atomic E-state index is 11.6. The van der Waals surface area contributed by atoms with Gasteiger partial charge in [0.25, 0.3) is 5.69 Å². The molecule has 0 aliphatic heterocycles. The predicted octanol–water partition coefficient (Wildman–Crippen LogP) is 5.65. The van der Waals surface area contributed by atoms with Crippen molar-refractivity contribution in [3.05, 3.63) is 92.5 Å². The Balaban J connectivity index is 2.02. The van der Waals surface area contributed by atoms with E-state index in [1.165, 1.54) is 18.2 Å². The lowest BCUT2D eigenvalue weighted by Crippen LogP contribution is -2.01. The standard InChI is InChI=1S/C25H20N4O4/c1-16-11-23(29(31)32)22(28-21-7-5-18(14-27)6-8-21)13-24(16)33-25-17(2)10-19(4-3-9-26)12-20(25)15-30/h3-8,10-13,28,30H,15H2,1-2H3/b4-3+. The number of anilines is 2. The van der Waals surface area contributed by atoms with E-state index in [0.717, 1.165) is 11.1 Å². The van der Waals surface area contributed by atoms with E-state index in [2.05, 4.69) is 5.32 Å². The first-order valence-corrected chi connectivity index (χ1v) is 9.91. The molecule has 164 valence electrons. The number of nitro groups is 1. The molecule has 0 aliphatic rings. The number of hydrogen-bond acceptors (Lipinski definition) is 7. The van der Waals surface area contributed by atoms with Gasteiger partial charge >= 0.3 is 0 Å². The lowest BCUT2D eigenvalue weighted by atomic mass is 10.0. The molecule has 0 radical (unpaired) electrons. The van der Waals surface area contributed by atoms with Crippen molar-refractivity contribution in [1.82, 2.24) is 0 Å². The quantitative estimate of drug-likeness (QED) is 0.276. The van der Waals surface area contributed by atoms with E-state index in [4.69, 9.17) is 15.3 Å². The van der Waals surface area contributed by atoms with Crippen LogP contribution in [0.2, 0.25) is 0 Å². The summed E-state index contributed by atoms with van der Waals surface area (Å²) >= 11 is 0. The van der Waals surface area contributed by atoms with Crippen LogP contribution in [-0.4, -0.2) is 10.0 Å². The van der Waals surface area contributed by atoms with Gasteiger partial charge in [-0.15, -0.1) is 0 Å². The Labute approximate surface area is 190 Å². The van der Waals surface area contributed by atoms with Gasteiger partial charge in [0, 0.05) is 29.5 Å². The highest BCUT2D eigenvalue weighted by Crippen LogP contribution is 2.38. The molecule has 8 nitrogen and oxygen atoms in total. The van der Waals surface area contributed by atoms with Crippen LogP contribution in [0.1, 0.15) is 27.8 Å². The molecule has 0 heterocycles. The summed E-state index contributed by atoms with van der Waals surface area (Å²) in [4.78, 5) is 11.1. The van der Waals surface area contributed by atoms with Crippen LogP contribution in [-0.2, 0) is 6.61 Å². The molecule has 0 fully saturated rings. The monoisotopic (exact) mass is 440 g/mol. The smallest absolute Gasteiger partial charge is 0.293 e. The topological polar surface area (TPSA) is 132 Å². The van der Waals surface area contributed by atoms with Gasteiger partial charge in [0.15, 0.2) is 0 Å². The molecule has 0 amide bonds. The molecule has 8 heteroatoms. The first-order chi connectivity index (χ1) is 15.9. The van der Waals surface area contributed by atoms with Crippen LogP contribution in [0.3, 0.4) is 0 Å². The third-order valence-electron chi connectivity index (χ3n) is 4.89. The summed E-state index contributed by atoms with van der Waals surface area (Å²) in [5, 5.41) is 42.2. The Morgan fingerprint density at radius 3 is 2.45 bits per heavy atom. The first-order valence-electron chi connectivity index (χ1n) is 9.91. The maximum absolute atomic E-state index is 11.6. The summed E-state index contributed by atoms with van der Waals surface area (Å²) in [7, 11) is 0. The lowest BCUT2D eigenvalue weighted by molar-refractivity contribution is -0.384. The highest BCUT2D eigenvalue weighted by atomic mass is 16.6. The third-order valence-corrected chi connectivity index (χ3v) is 4.89. The number of nitriles is 2. The largest absolute Gasteiger partial charge is 0.456 e. The summed E-state index contributed by atoms with van der Waals surface area (Å²) in [5.41, 5.74) is 3.70. The second-order valence-corrected chi connectivity index (χ2v) is 7.25. The minimum absolute atomic E-state index is 0.125. The number of nitrogens with zero attached hydrogens (tertiary/aromatic N) is 3. The SMILES string of the molecule is Cc1cc([N+](=O)[O-])c(Nc2ccc(C#N)cc2)cc1Oc1c(C)cc(/C=C/C#N)cc1CO. The van der Waals surface area contributed by atoms with Gasteiger partial charge in [-0.2, -0.15) is 10.5 Å². The van der Waals surface area contributed by atoms with Gasteiger partial charge in [0.05, 0.1) is 29.2 Å². The van der Waals surface area contributed by atoms with Crippen LogP contribution in [0.4, 0.5) is 17.1 Å². The van der Waals surface area contributed by atoms with E-state index in [1.54, 1.807) is 43.3 Å². The van der Waals surface area contributed by atoms with E-state index in [-0.39, 0.29) is 18.0 Å². The molecule has 0 aliphatic carbocycles. The second kappa shape index (κ2) is 10.1. The van der Waals surface area contributed by atoms with Crippen LogP contribution >= 0.6 is 0 Å². The Morgan fingerprint density at radius 2 is 1.85 bits per heavy atom. The molecule has 2 N–H and O–H groups in total. The lowest BCUT2D eigenvalue weighted by Gasteiger charge is -2.17. The van der Waals surface area contributed by atoms with Crippen molar-refractivity contribution in [3.63, 3.8) is 0 Å². The minimum atomic E-state index is -0.483. The van der Waals surface area contributed by atoms with Crippen LogP contribution < -0.4 is 10.1 Å². The van der Waals surface area contributed by atoms with Gasteiger partial charge < -0.3 is 15.2 Å². The van der Waals surface area contributed by atoms with Gasteiger partial charge in [-0.3, -0.25) is 10.1 Å². The Kier molecular flexibility index (Phi) is 7.04. The fourth-order valence-electron chi connectivity index (χ4n) is 3.30. The van der Waals surface area contributed by atoms with E-state index >= 15 is 0 Å². The number of nitro benzene ring substituents is 1. The Bertz CT molecular complexity index is 1320. The van der Waals surface area contributed by atoms with E-state index in [0.29, 0.717) is 33.9 Å². The normalized spacial score (nSPS) is 10.5. The fraction of sp³-hybridized carbons (Fsp3) is 0.120. The zero-order valence-corrected chi connectivity index (χ0v) is 18.0. The summed E-state index contributed by atoms with van der Waals surface area (Å²) in [6, 6.07) is 17.0. The fourth-order valence-corrected chi connectivity index (χ4v) is 3.30. The van der Waals surface area contributed by atoms with E-state index in [9.17, 15) is 15.2 Å². The number of aliphatic hydroxyl groups excluding tert-OH is 1. The van der Waals surface area contributed by atoms with E-state index < -0.39 is 4.92 Å². The number of aliphatic hydroxyl groups is 1. The molecule has 0 bridgehead atoms. The van der Waals surface area contributed by atoms with Gasteiger partial charge in [0.2, 0.25) is 0 Å². The number of allylic oxidation sites excluding steroid dienone is 1. The number of benzene rings is 3. The van der Waals surface area contributed by atoms with Crippen LogP contribution in [0.15, 0.2) is 54.6 Å². The number of rotatable bonds is 7. The van der Waals surface area contributed by atoms with Gasteiger partial charge in [-0.05, 0) is 73.0 Å². The molecule has 33 heavy (non-hydrogen) atoms. The van der Waals surface area contributed by atoms with Gasteiger partial charge in [-0.25, -0.2) is 0 Å². The van der Waals surface area contributed by atoms with Crippen LogP contribution in [0.25, 0.3) is 6.08 Å². The molecule has 0 atom stereocenters. The van der Waals surface area contributed by atoms with Crippen molar-refractivity contribution in [2.75, 3.05) is 5.32 Å². The maximum Gasteiger partial charge on any atom is 0.293 e. The molecule has 0 saturated heterocycles. The summed E-state index contributed by atoms with van der Waals surface area (Å²) in [6.07, 6.45) is 2.98. The van der Waals surface area contributed by atoms with E-state index in [1.807, 2.05) is 25.1 Å².